The number of anilines is 2. The summed E-state index contributed by atoms with van der Waals surface area (Å²) in [6, 6.07) is 9.52. The van der Waals surface area contributed by atoms with Crippen molar-refractivity contribution in [3.05, 3.63) is 47.1 Å². The third-order valence-corrected chi connectivity index (χ3v) is 2.66. The number of carbonyl (C=O) groups is 1. The molecule has 0 fully saturated rings. The van der Waals surface area contributed by atoms with Crippen LogP contribution in [-0.2, 0) is 0 Å². The van der Waals surface area contributed by atoms with Crippen LogP contribution in [0.5, 0.6) is 5.75 Å². The predicted molar refractivity (Wildman–Crippen MR) is 74.9 cm³/mol. The monoisotopic (exact) mass is 277 g/mol. The summed E-state index contributed by atoms with van der Waals surface area (Å²) < 4.78 is 0. The first-order valence-corrected chi connectivity index (χ1v) is 5.92. The highest BCUT2D eigenvalue weighted by molar-refractivity contribution is 6.30. The average Bonchev–Trinajstić information content (AvgIpc) is 2.40. The van der Waals surface area contributed by atoms with Gasteiger partial charge in [-0.2, -0.15) is 0 Å². The van der Waals surface area contributed by atoms with Crippen molar-refractivity contribution in [2.45, 2.75) is 0 Å². The second kappa shape index (κ2) is 5.58. The van der Waals surface area contributed by atoms with E-state index in [2.05, 4.69) is 15.6 Å². The van der Waals surface area contributed by atoms with Crippen LogP contribution in [0.3, 0.4) is 0 Å². The Bertz CT molecular complexity index is 617. The molecule has 0 atom stereocenters. The number of rotatable bonds is 3. The van der Waals surface area contributed by atoms with Gasteiger partial charge in [-0.25, -0.2) is 4.98 Å². The van der Waals surface area contributed by atoms with Crippen molar-refractivity contribution in [2.75, 3.05) is 17.7 Å². The number of phenolic OH excluding ortho intramolecular Hbond substituents is 1. The number of hydrogen-bond acceptors (Lipinski definition) is 4. The van der Waals surface area contributed by atoms with E-state index in [1.54, 1.807) is 31.3 Å². The molecule has 0 aliphatic rings. The fraction of sp³-hybridized carbons (Fsp3) is 0.0769. The molecule has 0 aliphatic heterocycles. The summed E-state index contributed by atoms with van der Waals surface area (Å²) >= 11 is 5.83. The SMILES string of the molecule is CNc1cc(C(=O)Nc2ccccc2O)cc(Cl)n1. The van der Waals surface area contributed by atoms with Crippen molar-refractivity contribution < 1.29 is 9.90 Å². The van der Waals surface area contributed by atoms with Gasteiger partial charge in [-0.05, 0) is 24.3 Å². The van der Waals surface area contributed by atoms with Crippen LogP contribution in [0, 0.1) is 0 Å². The summed E-state index contributed by atoms with van der Waals surface area (Å²) in [5.74, 6) is 0.127. The molecule has 1 aromatic heterocycles. The minimum Gasteiger partial charge on any atom is -0.506 e. The summed E-state index contributed by atoms with van der Waals surface area (Å²) in [7, 11) is 1.68. The van der Waals surface area contributed by atoms with Crippen LogP contribution in [-0.4, -0.2) is 23.0 Å². The Labute approximate surface area is 115 Å². The van der Waals surface area contributed by atoms with Crippen molar-refractivity contribution in [3.8, 4) is 5.75 Å². The molecule has 3 N–H and O–H groups in total. The normalized spacial score (nSPS) is 10.0. The van der Waals surface area contributed by atoms with E-state index in [4.69, 9.17) is 11.6 Å². The van der Waals surface area contributed by atoms with Crippen LogP contribution >= 0.6 is 11.6 Å². The Morgan fingerprint density at radius 1 is 1.32 bits per heavy atom. The lowest BCUT2D eigenvalue weighted by atomic mass is 10.2. The highest BCUT2D eigenvalue weighted by Gasteiger charge is 2.11. The minimum atomic E-state index is -0.373. The zero-order valence-electron chi connectivity index (χ0n) is 10.1. The number of halogens is 1. The number of amides is 1. The van der Waals surface area contributed by atoms with Gasteiger partial charge in [-0.15, -0.1) is 0 Å². The van der Waals surface area contributed by atoms with Gasteiger partial charge in [-0.3, -0.25) is 4.79 Å². The van der Waals surface area contributed by atoms with E-state index < -0.39 is 0 Å². The first-order chi connectivity index (χ1) is 9.10. The van der Waals surface area contributed by atoms with Crippen molar-refractivity contribution in [1.29, 1.82) is 0 Å². The first-order valence-electron chi connectivity index (χ1n) is 5.55. The van der Waals surface area contributed by atoms with Gasteiger partial charge in [0.05, 0.1) is 5.69 Å². The first kappa shape index (κ1) is 13.2. The van der Waals surface area contributed by atoms with Gasteiger partial charge in [0.15, 0.2) is 0 Å². The van der Waals surface area contributed by atoms with E-state index in [1.807, 2.05) is 0 Å². The molecular weight excluding hydrogens is 266 g/mol. The lowest BCUT2D eigenvalue weighted by molar-refractivity contribution is 0.102. The number of aromatic nitrogens is 1. The number of phenols is 1. The van der Waals surface area contributed by atoms with Crippen LogP contribution in [0.25, 0.3) is 0 Å². The fourth-order valence-corrected chi connectivity index (χ4v) is 1.74. The summed E-state index contributed by atoms with van der Waals surface area (Å²) in [4.78, 5) is 16.0. The standard InChI is InChI=1S/C13H12ClN3O2/c1-15-12-7-8(6-11(14)17-12)13(19)16-9-4-2-3-5-10(9)18/h2-7,18H,1H3,(H,15,17)(H,16,19). The summed E-state index contributed by atoms with van der Waals surface area (Å²) in [6.45, 7) is 0. The molecule has 0 saturated carbocycles. The number of benzene rings is 1. The molecule has 1 amide bonds. The third-order valence-electron chi connectivity index (χ3n) is 2.46. The summed E-state index contributed by atoms with van der Waals surface area (Å²) in [5.41, 5.74) is 0.694. The van der Waals surface area contributed by atoms with Crippen LogP contribution in [0.1, 0.15) is 10.4 Å². The van der Waals surface area contributed by atoms with Crippen molar-refractivity contribution in [1.82, 2.24) is 4.98 Å². The lowest BCUT2D eigenvalue weighted by Crippen LogP contribution is -2.12. The fourth-order valence-electron chi connectivity index (χ4n) is 1.53. The van der Waals surface area contributed by atoms with Gasteiger partial charge in [0, 0.05) is 12.6 Å². The Hall–Kier alpha value is -2.27. The van der Waals surface area contributed by atoms with Crippen LogP contribution in [0.2, 0.25) is 5.15 Å². The molecule has 2 rings (SSSR count). The molecule has 0 unspecified atom stereocenters. The average molecular weight is 278 g/mol. The molecule has 0 bridgehead atoms. The van der Waals surface area contributed by atoms with E-state index in [1.165, 1.54) is 12.1 Å². The molecule has 19 heavy (non-hydrogen) atoms. The molecule has 1 aromatic carbocycles. The topological polar surface area (TPSA) is 74.2 Å². The number of nitrogens with zero attached hydrogens (tertiary/aromatic N) is 1. The maximum atomic E-state index is 12.1. The Kier molecular flexibility index (Phi) is 3.87. The molecule has 6 heteroatoms. The highest BCUT2D eigenvalue weighted by Crippen LogP contribution is 2.23. The van der Waals surface area contributed by atoms with Crippen LogP contribution in [0.4, 0.5) is 11.5 Å². The summed E-state index contributed by atoms with van der Waals surface area (Å²) in [6.07, 6.45) is 0. The van der Waals surface area contributed by atoms with Crippen LogP contribution < -0.4 is 10.6 Å². The van der Waals surface area contributed by atoms with Gasteiger partial charge in [0.1, 0.15) is 16.7 Å². The smallest absolute Gasteiger partial charge is 0.256 e. The molecule has 5 nitrogen and oxygen atoms in total. The van der Waals surface area contributed by atoms with E-state index in [9.17, 15) is 9.90 Å². The number of hydrogen-bond donors (Lipinski definition) is 3. The Morgan fingerprint density at radius 2 is 2.05 bits per heavy atom. The van der Waals surface area contributed by atoms with Crippen LogP contribution in [0.15, 0.2) is 36.4 Å². The second-order valence-electron chi connectivity index (χ2n) is 3.79. The van der Waals surface area contributed by atoms with E-state index >= 15 is 0 Å². The van der Waals surface area contributed by atoms with E-state index in [0.29, 0.717) is 17.1 Å². The summed E-state index contributed by atoms with van der Waals surface area (Å²) in [5, 5.41) is 15.2. The quantitative estimate of drug-likeness (QED) is 0.596. The maximum absolute atomic E-state index is 12.1. The zero-order chi connectivity index (χ0) is 13.8. The predicted octanol–water partition coefficient (Wildman–Crippen LogP) is 2.73. The molecular formula is C13H12ClN3O2. The Morgan fingerprint density at radius 3 is 2.74 bits per heavy atom. The second-order valence-corrected chi connectivity index (χ2v) is 4.17. The van der Waals surface area contributed by atoms with Gasteiger partial charge >= 0.3 is 0 Å². The van der Waals surface area contributed by atoms with Gasteiger partial charge < -0.3 is 15.7 Å². The number of aromatic hydroxyl groups is 1. The lowest BCUT2D eigenvalue weighted by Gasteiger charge is -2.08. The van der Waals surface area contributed by atoms with Gasteiger partial charge in [0.25, 0.3) is 5.91 Å². The zero-order valence-corrected chi connectivity index (χ0v) is 10.9. The molecule has 1 heterocycles. The number of nitrogens with one attached hydrogen (secondary N) is 2. The van der Waals surface area contributed by atoms with Crippen molar-refractivity contribution >= 4 is 29.0 Å². The van der Waals surface area contributed by atoms with E-state index in [-0.39, 0.29) is 16.8 Å². The third kappa shape index (κ3) is 3.14. The largest absolute Gasteiger partial charge is 0.506 e. The van der Waals surface area contributed by atoms with E-state index in [0.717, 1.165) is 0 Å². The van der Waals surface area contributed by atoms with Crippen molar-refractivity contribution in [2.24, 2.45) is 0 Å². The van der Waals surface area contributed by atoms with Gasteiger partial charge in [0.2, 0.25) is 0 Å². The molecule has 0 radical (unpaired) electrons. The number of para-hydroxylation sites is 2. The molecule has 98 valence electrons. The molecule has 0 spiro atoms. The van der Waals surface area contributed by atoms with Gasteiger partial charge in [-0.1, -0.05) is 23.7 Å². The number of pyridine rings is 1. The van der Waals surface area contributed by atoms with Crippen molar-refractivity contribution in [3.63, 3.8) is 0 Å². The maximum Gasteiger partial charge on any atom is 0.256 e. The molecule has 0 aliphatic carbocycles. The highest BCUT2D eigenvalue weighted by atomic mass is 35.5. The minimum absolute atomic E-state index is 0.00448. The molecule has 0 saturated heterocycles. The number of carbonyl (C=O) groups excluding carboxylic acids is 1. The Balaban J connectivity index is 2.25. The molecule has 2 aromatic rings.